The minimum Gasteiger partial charge on any atom is -0.0735 e. The quantitative estimate of drug-likeness (QED) is 0.226. The van der Waals surface area contributed by atoms with Gasteiger partial charge in [-0.15, -0.1) is 0 Å². The summed E-state index contributed by atoms with van der Waals surface area (Å²) in [6, 6.07) is 41.7. The Morgan fingerprint density at radius 3 is 1.35 bits per heavy atom. The van der Waals surface area contributed by atoms with E-state index in [1.165, 1.54) is 60.0 Å². The fraction of sp³-hybridized carbons (Fsp3) is 0. The normalized spacial score (nSPS) is 11.4. The van der Waals surface area contributed by atoms with Crippen molar-refractivity contribution < 1.29 is 0 Å². The second-order valence-corrected chi connectivity index (χ2v) is 8.16. The van der Waals surface area contributed by atoms with Gasteiger partial charge in [0.25, 0.3) is 0 Å². The second kappa shape index (κ2) is 7.14. The summed E-state index contributed by atoms with van der Waals surface area (Å²) in [4.78, 5) is 0. The molecule has 6 rings (SSSR count). The molecule has 0 aromatic heterocycles. The molecule has 0 unspecified atom stereocenters. The van der Waals surface area contributed by atoms with Gasteiger partial charge in [-0.2, -0.15) is 0 Å². The summed E-state index contributed by atoms with van der Waals surface area (Å²) in [6.45, 7) is 0. The van der Waals surface area contributed by atoms with Gasteiger partial charge in [0.1, 0.15) is 7.85 Å². The molecule has 0 nitrogen and oxygen atoms in total. The molecular formula is C30H21B. The highest BCUT2D eigenvalue weighted by atomic mass is 14.2. The van der Waals surface area contributed by atoms with E-state index in [2.05, 4.69) is 123 Å². The lowest BCUT2D eigenvalue weighted by Gasteiger charge is -2.18. The smallest absolute Gasteiger partial charge is 0.0735 e. The van der Waals surface area contributed by atoms with E-state index in [4.69, 9.17) is 0 Å². The van der Waals surface area contributed by atoms with Crippen molar-refractivity contribution in [3.8, 4) is 22.3 Å². The molecule has 6 aromatic rings. The molecule has 0 bridgehead atoms. The molecule has 0 aliphatic carbocycles. The van der Waals surface area contributed by atoms with Crippen molar-refractivity contribution >= 4 is 45.6 Å². The molecule has 6 aromatic carbocycles. The van der Waals surface area contributed by atoms with Gasteiger partial charge in [0.2, 0.25) is 0 Å². The van der Waals surface area contributed by atoms with Gasteiger partial charge in [0.15, 0.2) is 0 Å². The minimum absolute atomic E-state index is 1.25. The van der Waals surface area contributed by atoms with E-state index in [1.54, 1.807) is 0 Å². The Morgan fingerprint density at radius 1 is 0.355 bits per heavy atom. The molecule has 0 spiro atoms. The van der Waals surface area contributed by atoms with Crippen LogP contribution >= 0.6 is 0 Å². The van der Waals surface area contributed by atoms with Gasteiger partial charge < -0.3 is 0 Å². The Balaban J connectivity index is 1.77. The fourth-order valence-corrected chi connectivity index (χ4v) is 5.02. The lowest BCUT2D eigenvalue weighted by molar-refractivity contribution is 1.64. The second-order valence-electron chi connectivity index (χ2n) is 8.16. The van der Waals surface area contributed by atoms with Gasteiger partial charge in [-0.1, -0.05) is 121 Å². The maximum absolute atomic E-state index is 2.31. The van der Waals surface area contributed by atoms with Crippen molar-refractivity contribution in [1.29, 1.82) is 0 Å². The maximum Gasteiger partial charge on any atom is 0.140 e. The molecule has 0 aliphatic rings. The summed E-state index contributed by atoms with van der Waals surface area (Å²) >= 11 is 0. The number of fused-ring (bicyclic) bond motifs is 3. The monoisotopic (exact) mass is 392 g/mol. The average Bonchev–Trinajstić information content (AvgIpc) is 2.85. The molecule has 0 amide bonds. The molecule has 0 N–H and O–H groups in total. The zero-order valence-electron chi connectivity index (χ0n) is 17.5. The standard InChI is InChI=1S/C30H21B/c31-30-27-16-8-6-14-24(27)29(25-15-7-9-17-28(25)30)26-19-18-21(20-10-2-1-3-11-20)22-12-4-5-13-23(22)26/h1-19H,31H2. The van der Waals surface area contributed by atoms with E-state index in [0.29, 0.717) is 0 Å². The van der Waals surface area contributed by atoms with Crippen LogP contribution in [0.3, 0.4) is 0 Å². The Kier molecular flexibility index (Phi) is 4.14. The first-order valence-electron chi connectivity index (χ1n) is 10.8. The third-order valence-corrected chi connectivity index (χ3v) is 6.48. The van der Waals surface area contributed by atoms with Crippen LogP contribution in [-0.4, -0.2) is 7.85 Å². The molecule has 0 saturated heterocycles. The lowest BCUT2D eigenvalue weighted by atomic mass is 9.80. The first-order valence-corrected chi connectivity index (χ1v) is 10.8. The van der Waals surface area contributed by atoms with Crippen molar-refractivity contribution in [3.63, 3.8) is 0 Å². The lowest BCUT2D eigenvalue weighted by Crippen LogP contribution is -2.07. The first-order chi connectivity index (χ1) is 15.3. The van der Waals surface area contributed by atoms with E-state index >= 15 is 0 Å². The van der Waals surface area contributed by atoms with Crippen molar-refractivity contribution in [3.05, 3.63) is 115 Å². The molecule has 1 heteroatoms. The van der Waals surface area contributed by atoms with Gasteiger partial charge in [0.05, 0.1) is 0 Å². The van der Waals surface area contributed by atoms with Crippen molar-refractivity contribution in [2.24, 2.45) is 0 Å². The van der Waals surface area contributed by atoms with Crippen molar-refractivity contribution in [1.82, 2.24) is 0 Å². The van der Waals surface area contributed by atoms with Gasteiger partial charge >= 0.3 is 0 Å². The van der Waals surface area contributed by atoms with E-state index in [9.17, 15) is 0 Å². The fourth-order valence-electron chi connectivity index (χ4n) is 5.02. The largest absolute Gasteiger partial charge is 0.140 e. The van der Waals surface area contributed by atoms with Crippen LogP contribution in [0.15, 0.2) is 115 Å². The van der Waals surface area contributed by atoms with Crippen LogP contribution in [0.4, 0.5) is 0 Å². The third-order valence-electron chi connectivity index (χ3n) is 6.48. The maximum atomic E-state index is 2.31. The Morgan fingerprint density at radius 2 is 0.774 bits per heavy atom. The highest BCUT2D eigenvalue weighted by Crippen LogP contribution is 2.41. The van der Waals surface area contributed by atoms with Gasteiger partial charge in [0, 0.05) is 0 Å². The molecule has 144 valence electrons. The van der Waals surface area contributed by atoms with Crippen LogP contribution in [-0.2, 0) is 0 Å². The zero-order valence-corrected chi connectivity index (χ0v) is 17.5. The summed E-state index contributed by atoms with van der Waals surface area (Å²) < 4.78 is 0. The number of hydrogen-bond donors (Lipinski definition) is 0. The average molecular weight is 392 g/mol. The van der Waals surface area contributed by atoms with Crippen LogP contribution in [0.25, 0.3) is 54.6 Å². The molecule has 0 fully saturated rings. The highest BCUT2D eigenvalue weighted by molar-refractivity contribution is 6.47. The molecular weight excluding hydrogens is 371 g/mol. The van der Waals surface area contributed by atoms with Crippen LogP contribution in [0.2, 0.25) is 0 Å². The van der Waals surface area contributed by atoms with E-state index in [-0.39, 0.29) is 0 Å². The summed E-state index contributed by atoms with van der Waals surface area (Å²) in [6.07, 6.45) is 0. The molecule has 0 saturated carbocycles. The molecule has 0 radical (unpaired) electrons. The van der Waals surface area contributed by atoms with Gasteiger partial charge in [-0.25, -0.2) is 0 Å². The molecule has 0 atom stereocenters. The molecule has 31 heavy (non-hydrogen) atoms. The topological polar surface area (TPSA) is 0 Å². The SMILES string of the molecule is Bc1c2ccccc2c(-c2ccc(-c3ccccc3)c3ccccc23)c2ccccc12. The summed E-state index contributed by atoms with van der Waals surface area (Å²) in [5.74, 6) is 0. The predicted molar refractivity (Wildman–Crippen MR) is 138 cm³/mol. The first kappa shape index (κ1) is 18.0. The Hall–Kier alpha value is -3.84. The number of benzene rings is 6. The highest BCUT2D eigenvalue weighted by Gasteiger charge is 2.16. The summed E-state index contributed by atoms with van der Waals surface area (Å²) in [5, 5.41) is 7.87. The minimum atomic E-state index is 1.25. The van der Waals surface area contributed by atoms with Gasteiger partial charge in [-0.3, -0.25) is 0 Å². The van der Waals surface area contributed by atoms with Crippen LogP contribution < -0.4 is 5.46 Å². The molecule has 0 heterocycles. The predicted octanol–water partition coefficient (Wildman–Crippen LogP) is 6.74. The molecule has 0 aliphatic heterocycles. The summed E-state index contributed by atoms with van der Waals surface area (Å²) in [5.41, 5.74) is 6.50. The van der Waals surface area contributed by atoms with E-state index in [0.717, 1.165) is 0 Å². The third kappa shape index (κ3) is 2.78. The van der Waals surface area contributed by atoms with Gasteiger partial charge in [-0.05, 0) is 54.6 Å². The van der Waals surface area contributed by atoms with Crippen molar-refractivity contribution in [2.45, 2.75) is 0 Å². The van der Waals surface area contributed by atoms with Crippen LogP contribution in [0.1, 0.15) is 0 Å². The summed E-state index contributed by atoms with van der Waals surface area (Å²) in [7, 11) is 2.24. The van der Waals surface area contributed by atoms with E-state index < -0.39 is 0 Å². The number of rotatable bonds is 2. The number of hydrogen-bond acceptors (Lipinski definition) is 0. The zero-order chi connectivity index (χ0) is 20.8. The van der Waals surface area contributed by atoms with E-state index in [1.807, 2.05) is 0 Å². The van der Waals surface area contributed by atoms with Crippen LogP contribution in [0, 0.1) is 0 Å². The Labute approximate surface area is 183 Å². The van der Waals surface area contributed by atoms with Crippen molar-refractivity contribution in [2.75, 3.05) is 0 Å². The Bertz CT molecular complexity index is 1520. The van der Waals surface area contributed by atoms with Crippen LogP contribution in [0.5, 0.6) is 0 Å².